The fourth-order valence-electron chi connectivity index (χ4n) is 1.78. The van der Waals surface area contributed by atoms with E-state index >= 15 is 0 Å². The van der Waals surface area contributed by atoms with Crippen molar-refractivity contribution < 1.29 is 8.42 Å². The Morgan fingerprint density at radius 3 is 2.40 bits per heavy atom. The Morgan fingerprint density at radius 1 is 1.20 bits per heavy atom. The molecule has 0 radical (unpaired) electrons. The monoisotopic (exact) mass is 310 g/mol. The summed E-state index contributed by atoms with van der Waals surface area (Å²) in [6, 6.07) is 8.84. The highest BCUT2D eigenvalue weighted by Crippen LogP contribution is 2.26. The summed E-state index contributed by atoms with van der Waals surface area (Å²) in [5.41, 5.74) is 1.74. The summed E-state index contributed by atoms with van der Waals surface area (Å²) in [5, 5.41) is 0.164. The van der Waals surface area contributed by atoms with Crippen molar-refractivity contribution >= 4 is 27.3 Å². The Labute approximate surface area is 124 Å². The number of hydrogen-bond donors (Lipinski definition) is 0. The van der Waals surface area contributed by atoms with E-state index in [1.807, 2.05) is 19.1 Å². The molecule has 0 bridgehead atoms. The molecule has 6 heteroatoms. The van der Waals surface area contributed by atoms with Gasteiger partial charge in [0.1, 0.15) is 4.90 Å². The average Bonchev–Trinajstić information content (AvgIpc) is 2.47. The van der Waals surface area contributed by atoms with Gasteiger partial charge >= 0.3 is 0 Å². The summed E-state index contributed by atoms with van der Waals surface area (Å²) in [5.74, 6) is 0. The first-order valence-electron chi connectivity index (χ1n) is 6.14. The van der Waals surface area contributed by atoms with Crippen molar-refractivity contribution in [3.63, 3.8) is 0 Å². The third kappa shape index (κ3) is 2.78. The highest BCUT2D eigenvalue weighted by atomic mass is 35.5. The van der Waals surface area contributed by atoms with Crippen molar-refractivity contribution in [3.8, 4) is 0 Å². The van der Waals surface area contributed by atoms with Crippen LogP contribution in [-0.2, 0) is 16.4 Å². The first kappa shape index (κ1) is 14.8. The molecule has 1 aromatic carbocycles. The molecule has 0 saturated heterocycles. The molecular formula is C14H15ClN2O2S. The van der Waals surface area contributed by atoms with Gasteiger partial charge in [-0.15, -0.1) is 0 Å². The minimum Gasteiger partial charge on any atom is -0.269 e. The van der Waals surface area contributed by atoms with Gasteiger partial charge in [0.25, 0.3) is 10.0 Å². The van der Waals surface area contributed by atoms with Gasteiger partial charge in [-0.2, -0.15) is 0 Å². The standard InChI is InChI=1S/C14H15ClN2O2S/c1-3-11-4-6-12(7-5-11)17(2)20(18,19)14-10-16-9-8-13(14)15/h4-10H,3H2,1-2H3. The van der Waals surface area contributed by atoms with Gasteiger partial charge in [-0.1, -0.05) is 30.7 Å². The van der Waals surface area contributed by atoms with Gasteiger partial charge < -0.3 is 0 Å². The number of sulfonamides is 1. The van der Waals surface area contributed by atoms with Gasteiger partial charge in [-0.3, -0.25) is 9.29 Å². The van der Waals surface area contributed by atoms with Crippen LogP contribution in [0.25, 0.3) is 0 Å². The molecule has 4 nitrogen and oxygen atoms in total. The van der Waals surface area contributed by atoms with Crippen molar-refractivity contribution in [3.05, 3.63) is 53.3 Å². The van der Waals surface area contributed by atoms with E-state index in [1.54, 1.807) is 12.1 Å². The molecule has 0 aliphatic carbocycles. The van der Waals surface area contributed by atoms with Crippen LogP contribution >= 0.6 is 11.6 Å². The van der Waals surface area contributed by atoms with Crippen molar-refractivity contribution in [1.82, 2.24) is 4.98 Å². The van der Waals surface area contributed by atoms with E-state index in [-0.39, 0.29) is 9.92 Å². The largest absolute Gasteiger partial charge is 0.269 e. The molecule has 2 rings (SSSR count). The molecule has 0 amide bonds. The number of halogens is 1. The number of hydrogen-bond acceptors (Lipinski definition) is 3. The predicted octanol–water partition coefficient (Wildman–Crippen LogP) is 3.12. The van der Waals surface area contributed by atoms with E-state index in [0.717, 1.165) is 12.0 Å². The Hall–Kier alpha value is -1.59. The smallest absolute Gasteiger partial charge is 0.267 e. The van der Waals surface area contributed by atoms with E-state index in [0.29, 0.717) is 5.69 Å². The van der Waals surface area contributed by atoms with Crippen LogP contribution in [0.15, 0.2) is 47.6 Å². The Kier molecular flexibility index (Phi) is 4.30. The molecule has 0 atom stereocenters. The topological polar surface area (TPSA) is 50.3 Å². The van der Waals surface area contributed by atoms with Crippen LogP contribution in [0, 0.1) is 0 Å². The van der Waals surface area contributed by atoms with Crippen LogP contribution in [0.2, 0.25) is 5.02 Å². The summed E-state index contributed by atoms with van der Waals surface area (Å²) in [6.07, 6.45) is 3.62. The molecule has 0 aliphatic heterocycles. The quantitative estimate of drug-likeness (QED) is 0.872. The predicted molar refractivity (Wildman–Crippen MR) is 80.7 cm³/mol. The van der Waals surface area contributed by atoms with Gasteiger partial charge in [-0.05, 0) is 30.2 Å². The lowest BCUT2D eigenvalue weighted by Gasteiger charge is -2.20. The number of rotatable bonds is 4. The normalized spacial score (nSPS) is 11.3. The van der Waals surface area contributed by atoms with E-state index in [4.69, 9.17) is 11.6 Å². The van der Waals surface area contributed by atoms with Crippen LogP contribution in [0.1, 0.15) is 12.5 Å². The number of pyridine rings is 1. The van der Waals surface area contributed by atoms with Gasteiger partial charge in [0.05, 0.1) is 10.7 Å². The van der Waals surface area contributed by atoms with E-state index in [9.17, 15) is 8.42 Å². The summed E-state index contributed by atoms with van der Waals surface area (Å²) < 4.78 is 26.2. The Morgan fingerprint density at radius 2 is 1.85 bits per heavy atom. The number of nitrogens with zero attached hydrogens (tertiary/aromatic N) is 2. The number of benzene rings is 1. The van der Waals surface area contributed by atoms with Crippen LogP contribution in [0.5, 0.6) is 0 Å². The van der Waals surface area contributed by atoms with E-state index in [2.05, 4.69) is 4.98 Å². The summed E-state index contributed by atoms with van der Waals surface area (Å²) in [6.45, 7) is 2.05. The molecule has 0 fully saturated rings. The molecule has 1 aromatic heterocycles. The highest BCUT2D eigenvalue weighted by Gasteiger charge is 2.24. The molecule has 0 N–H and O–H groups in total. The molecule has 2 aromatic rings. The maximum atomic E-state index is 12.5. The van der Waals surface area contributed by atoms with Crippen molar-refractivity contribution in [2.45, 2.75) is 18.2 Å². The maximum absolute atomic E-state index is 12.5. The molecule has 0 spiro atoms. The highest BCUT2D eigenvalue weighted by molar-refractivity contribution is 7.93. The zero-order valence-electron chi connectivity index (χ0n) is 11.2. The van der Waals surface area contributed by atoms with Crippen LogP contribution in [0.4, 0.5) is 5.69 Å². The molecular weight excluding hydrogens is 296 g/mol. The first-order valence-corrected chi connectivity index (χ1v) is 7.96. The summed E-state index contributed by atoms with van der Waals surface area (Å²) >= 11 is 5.94. The number of aryl methyl sites for hydroxylation is 1. The minimum atomic E-state index is -3.70. The lowest BCUT2D eigenvalue weighted by molar-refractivity contribution is 0.594. The van der Waals surface area contributed by atoms with Gasteiger partial charge in [0.15, 0.2) is 0 Å². The molecule has 0 saturated carbocycles. The Bertz CT molecular complexity index is 699. The van der Waals surface area contributed by atoms with Crippen molar-refractivity contribution in [2.75, 3.05) is 11.4 Å². The second-order valence-electron chi connectivity index (χ2n) is 4.30. The first-order chi connectivity index (χ1) is 9.46. The summed E-state index contributed by atoms with van der Waals surface area (Å²) in [4.78, 5) is 3.83. The number of anilines is 1. The maximum Gasteiger partial charge on any atom is 0.267 e. The second kappa shape index (κ2) is 5.81. The van der Waals surface area contributed by atoms with Gasteiger partial charge in [-0.25, -0.2) is 8.42 Å². The zero-order chi connectivity index (χ0) is 14.8. The molecule has 106 valence electrons. The lowest BCUT2D eigenvalue weighted by Crippen LogP contribution is -2.26. The molecule has 1 heterocycles. The second-order valence-corrected chi connectivity index (χ2v) is 6.64. The third-order valence-corrected chi connectivity index (χ3v) is 5.34. The Balaban J connectivity index is 2.41. The fourth-order valence-corrected chi connectivity index (χ4v) is 3.38. The SMILES string of the molecule is CCc1ccc(N(C)S(=O)(=O)c2cnccc2Cl)cc1. The van der Waals surface area contributed by atoms with Gasteiger partial charge in [0.2, 0.25) is 0 Å². The van der Waals surface area contributed by atoms with Crippen molar-refractivity contribution in [2.24, 2.45) is 0 Å². The van der Waals surface area contributed by atoms with Gasteiger partial charge in [0, 0.05) is 19.4 Å². The van der Waals surface area contributed by atoms with Crippen LogP contribution < -0.4 is 4.31 Å². The third-order valence-electron chi connectivity index (χ3n) is 3.08. The average molecular weight is 311 g/mol. The molecule has 20 heavy (non-hydrogen) atoms. The fraction of sp³-hybridized carbons (Fsp3) is 0.214. The zero-order valence-corrected chi connectivity index (χ0v) is 12.8. The van der Waals surface area contributed by atoms with E-state index in [1.165, 1.54) is 29.8 Å². The van der Waals surface area contributed by atoms with Crippen molar-refractivity contribution in [1.29, 1.82) is 0 Å². The van der Waals surface area contributed by atoms with Crippen LogP contribution in [0.3, 0.4) is 0 Å². The minimum absolute atomic E-state index is 0.00346. The summed E-state index contributed by atoms with van der Waals surface area (Å²) in [7, 11) is -2.20. The van der Waals surface area contributed by atoms with E-state index < -0.39 is 10.0 Å². The lowest BCUT2D eigenvalue weighted by atomic mass is 10.1. The number of aromatic nitrogens is 1. The molecule has 0 aliphatic rings. The van der Waals surface area contributed by atoms with Crippen LogP contribution in [-0.4, -0.2) is 20.4 Å². The molecule has 0 unspecified atom stereocenters.